The Bertz CT molecular complexity index is 319. The van der Waals surface area contributed by atoms with E-state index < -0.39 is 0 Å². The Morgan fingerprint density at radius 1 is 1.60 bits per heavy atom. The Morgan fingerprint density at radius 3 is 2.80 bits per heavy atom. The Morgan fingerprint density at radius 2 is 2.33 bits per heavy atom. The fourth-order valence-electron chi connectivity index (χ4n) is 1.49. The zero-order valence-corrected chi connectivity index (χ0v) is 12.3. The van der Waals surface area contributed by atoms with E-state index in [2.05, 4.69) is 59.8 Å². The van der Waals surface area contributed by atoms with Crippen LogP contribution >= 0.6 is 33.9 Å². The second kappa shape index (κ2) is 6.66. The molecule has 0 bridgehead atoms. The summed E-state index contributed by atoms with van der Waals surface area (Å²) in [6, 6.07) is 2.71. The van der Waals surface area contributed by atoms with Crippen LogP contribution in [0.5, 0.6) is 0 Å². The van der Waals surface area contributed by atoms with E-state index in [0.29, 0.717) is 6.04 Å². The number of halogens is 1. The maximum Gasteiger partial charge on any atom is 0.0656 e. The van der Waals surface area contributed by atoms with E-state index in [9.17, 15) is 0 Å². The van der Waals surface area contributed by atoms with Crippen LogP contribution < -0.4 is 5.32 Å². The molecule has 1 aromatic rings. The average molecular weight is 335 g/mol. The first kappa shape index (κ1) is 13.2. The average Bonchev–Trinajstić information content (AvgIpc) is 2.64. The summed E-state index contributed by atoms with van der Waals surface area (Å²) in [5, 5.41) is 5.77. The van der Waals surface area contributed by atoms with Crippen molar-refractivity contribution in [3.05, 3.63) is 32.0 Å². The minimum atomic E-state index is 0.446. The molecule has 0 saturated carbocycles. The van der Waals surface area contributed by atoms with Gasteiger partial charge in [0, 0.05) is 6.04 Å². The van der Waals surface area contributed by atoms with Gasteiger partial charge < -0.3 is 5.32 Å². The van der Waals surface area contributed by atoms with Crippen LogP contribution in [0.15, 0.2) is 23.6 Å². The first-order valence-electron chi connectivity index (χ1n) is 5.31. The monoisotopic (exact) mass is 335 g/mol. The molecule has 1 nitrogen and oxygen atoms in total. The SMILES string of the molecule is C=C(CC)CC(NCC)c1csc(I)c1. The van der Waals surface area contributed by atoms with E-state index in [1.54, 1.807) is 0 Å². The molecule has 0 aromatic carbocycles. The standard InChI is InChI=1S/C12H18INS/c1-4-9(3)6-11(14-5-2)10-7-12(13)15-8-10/h7-8,11,14H,3-6H2,1-2H3. The Kier molecular flexibility index (Phi) is 5.86. The second-order valence-corrected chi connectivity index (χ2v) is 6.41. The summed E-state index contributed by atoms with van der Waals surface area (Å²) in [4.78, 5) is 0. The van der Waals surface area contributed by atoms with Crippen molar-refractivity contribution in [2.45, 2.75) is 32.7 Å². The minimum Gasteiger partial charge on any atom is -0.310 e. The van der Waals surface area contributed by atoms with E-state index in [0.717, 1.165) is 19.4 Å². The fourth-order valence-corrected chi connectivity index (χ4v) is 2.92. The molecule has 0 aliphatic rings. The van der Waals surface area contributed by atoms with Gasteiger partial charge in [-0.1, -0.05) is 26.0 Å². The summed E-state index contributed by atoms with van der Waals surface area (Å²) < 4.78 is 1.35. The normalized spacial score (nSPS) is 12.7. The molecule has 0 spiro atoms. The molecule has 1 N–H and O–H groups in total. The van der Waals surface area contributed by atoms with Gasteiger partial charge in [0.2, 0.25) is 0 Å². The highest BCUT2D eigenvalue weighted by atomic mass is 127. The third kappa shape index (κ3) is 4.25. The topological polar surface area (TPSA) is 12.0 Å². The molecule has 1 rings (SSSR count). The molecule has 1 atom stereocenters. The smallest absolute Gasteiger partial charge is 0.0656 e. The lowest BCUT2D eigenvalue weighted by Crippen LogP contribution is -2.20. The number of thiophene rings is 1. The number of rotatable bonds is 6. The lowest BCUT2D eigenvalue weighted by atomic mass is 10.0. The maximum atomic E-state index is 4.09. The molecule has 1 unspecified atom stereocenters. The van der Waals surface area contributed by atoms with Crippen LogP contribution in [0.3, 0.4) is 0 Å². The summed E-state index contributed by atoms with van der Waals surface area (Å²) in [5.41, 5.74) is 2.73. The lowest BCUT2D eigenvalue weighted by Gasteiger charge is -2.17. The van der Waals surface area contributed by atoms with Crippen molar-refractivity contribution in [2.24, 2.45) is 0 Å². The summed E-state index contributed by atoms with van der Waals surface area (Å²) in [6.45, 7) is 9.42. The Labute approximate surface area is 110 Å². The highest BCUT2D eigenvalue weighted by molar-refractivity contribution is 14.1. The van der Waals surface area contributed by atoms with Crippen molar-refractivity contribution in [3.63, 3.8) is 0 Å². The molecule has 0 fully saturated rings. The molecular formula is C12H18INS. The van der Waals surface area contributed by atoms with Gasteiger partial charge in [-0.25, -0.2) is 0 Å². The first-order chi connectivity index (χ1) is 7.17. The van der Waals surface area contributed by atoms with Crippen molar-refractivity contribution in [2.75, 3.05) is 6.54 Å². The van der Waals surface area contributed by atoms with E-state index in [1.807, 2.05) is 11.3 Å². The van der Waals surface area contributed by atoms with Gasteiger partial charge in [-0.3, -0.25) is 0 Å². The highest BCUT2D eigenvalue weighted by Gasteiger charge is 2.12. The molecule has 0 aliphatic carbocycles. The Balaban J connectivity index is 2.69. The summed E-state index contributed by atoms with van der Waals surface area (Å²) in [5.74, 6) is 0. The van der Waals surface area contributed by atoms with Crippen molar-refractivity contribution in [3.8, 4) is 0 Å². The predicted molar refractivity (Wildman–Crippen MR) is 77.5 cm³/mol. The second-order valence-electron chi connectivity index (χ2n) is 3.60. The first-order valence-corrected chi connectivity index (χ1v) is 7.27. The van der Waals surface area contributed by atoms with Crippen molar-refractivity contribution >= 4 is 33.9 Å². The molecule has 84 valence electrons. The lowest BCUT2D eigenvalue weighted by molar-refractivity contribution is 0.544. The predicted octanol–water partition coefficient (Wildman–Crippen LogP) is 4.36. The van der Waals surface area contributed by atoms with Gasteiger partial charge in [0.25, 0.3) is 0 Å². The zero-order valence-electron chi connectivity index (χ0n) is 9.35. The molecule has 0 radical (unpaired) electrons. The van der Waals surface area contributed by atoms with Crippen LogP contribution in [0.1, 0.15) is 38.3 Å². The molecule has 15 heavy (non-hydrogen) atoms. The molecule has 0 saturated heterocycles. The van der Waals surface area contributed by atoms with Crippen LogP contribution in [0.4, 0.5) is 0 Å². The third-order valence-corrected chi connectivity index (χ3v) is 4.24. The highest BCUT2D eigenvalue weighted by Crippen LogP contribution is 2.27. The van der Waals surface area contributed by atoms with Gasteiger partial charge in [-0.2, -0.15) is 0 Å². The fraction of sp³-hybridized carbons (Fsp3) is 0.500. The van der Waals surface area contributed by atoms with Crippen molar-refractivity contribution < 1.29 is 0 Å². The molecule has 0 aliphatic heterocycles. The van der Waals surface area contributed by atoms with Crippen LogP contribution in [0.2, 0.25) is 0 Å². The quantitative estimate of drug-likeness (QED) is 0.602. The van der Waals surface area contributed by atoms with Gasteiger partial charge in [-0.15, -0.1) is 11.3 Å². The number of nitrogens with one attached hydrogen (secondary N) is 1. The van der Waals surface area contributed by atoms with E-state index >= 15 is 0 Å². The third-order valence-electron chi connectivity index (χ3n) is 2.43. The largest absolute Gasteiger partial charge is 0.310 e. The molecule has 3 heteroatoms. The number of hydrogen-bond donors (Lipinski definition) is 1. The van der Waals surface area contributed by atoms with Gasteiger partial charge in [-0.05, 0) is 59.0 Å². The molecule has 1 heterocycles. The summed E-state index contributed by atoms with van der Waals surface area (Å²) in [7, 11) is 0. The van der Waals surface area contributed by atoms with Gasteiger partial charge in [0.15, 0.2) is 0 Å². The Hall–Kier alpha value is 0.130. The van der Waals surface area contributed by atoms with Crippen LogP contribution in [-0.2, 0) is 0 Å². The number of hydrogen-bond acceptors (Lipinski definition) is 2. The van der Waals surface area contributed by atoms with E-state index in [4.69, 9.17) is 0 Å². The van der Waals surface area contributed by atoms with Crippen LogP contribution in [0, 0.1) is 2.88 Å². The van der Waals surface area contributed by atoms with Crippen LogP contribution in [0.25, 0.3) is 0 Å². The van der Waals surface area contributed by atoms with Gasteiger partial charge >= 0.3 is 0 Å². The van der Waals surface area contributed by atoms with Gasteiger partial charge in [0.05, 0.1) is 2.88 Å². The minimum absolute atomic E-state index is 0.446. The molecule has 1 aromatic heterocycles. The zero-order chi connectivity index (χ0) is 11.3. The maximum absolute atomic E-state index is 4.09. The summed E-state index contributed by atoms with van der Waals surface area (Å²) in [6.07, 6.45) is 2.13. The van der Waals surface area contributed by atoms with Crippen molar-refractivity contribution in [1.29, 1.82) is 0 Å². The van der Waals surface area contributed by atoms with E-state index in [-0.39, 0.29) is 0 Å². The van der Waals surface area contributed by atoms with Gasteiger partial charge in [0.1, 0.15) is 0 Å². The molecule has 0 amide bonds. The van der Waals surface area contributed by atoms with Crippen molar-refractivity contribution in [1.82, 2.24) is 5.32 Å². The summed E-state index contributed by atoms with van der Waals surface area (Å²) >= 11 is 4.18. The molecular weight excluding hydrogens is 317 g/mol. The van der Waals surface area contributed by atoms with Crippen LogP contribution in [-0.4, -0.2) is 6.54 Å². The van der Waals surface area contributed by atoms with E-state index in [1.165, 1.54) is 14.0 Å².